The van der Waals surface area contributed by atoms with Crippen LogP contribution in [0.1, 0.15) is 77.7 Å². The van der Waals surface area contributed by atoms with Gasteiger partial charge in [0.2, 0.25) is 0 Å². The van der Waals surface area contributed by atoms with Gasteiger partial charge in [-0.1, -0.05) is 24.6 Å². The van der Waals surface area contributed by atoms with Crippen molar-refractivity contribution in [1.29, 1.82) is 0 Å². The maximum atomic E-state index is 12.4. The molecule has 4 aliphatic rings. The van der Waals surface area contributed by atoms with Crippen molar-refractivity contribution in [3.8, 4) is 0 Å². The van der Waals surface area contributed by atoms with Gasteiger partial charge >= 0.3 is 0 Å². The topological polar surface area (TPSA) is 80.6 Å². The molecule has 35 heavy (non-hydrogen) atoms. The Morgan fingerprint density at radius 3 is 2.66 bits per heavy atom. The number of Topliss-reactive ketones (excluding diaryl/α,β-unsaturated/α-hetero) is 1. The molecule has 188 valence electrons. The molecule has 5 rings (SSSR count). The maximum absolute atomic E-state index is 12.4. The lowest BCUT2D eigenvalue weighted by atomic mass is 9.46. The number of nitrogens with one attached hydrogen (secondary N) is 1. The molecular formula is C29H39N3O3. The lowest BCUT2D eigenvalue weighted by Gasteiger charge is -2.58. The fourth-order valence-corrected chi connectivity index (χ4v) is 8.24. The Hall–Kier alpha value is -2.50. The zero-order chi connectivity index (χ0) is 24.6. The average molecular weight is 478 g/mol. The number of oxime groups is 1. The third-order valence-electron chi connectivity index (χ3n) is 10.1. The fraction of sp³-hybridized carbons (Fsp3) is 0.655. The second kappa shape index (κ2) is 9.51. The van der Waals surface area contributed by atoms with Crippen molar-refractivity contribution in [2.75, 3.05) is 6.61 Å². The summed E-state index contributed by atoms with van der Waals surface area (Å²) in [5.74, 6) is 2.62. The Labute approximate surface area is 209 Å². The number of pyridine rings is 1. The molecule has 0 spiro atoms. The van der Waals surface area contributed by atoms with Crippen LogP contribution in [0, 0.1) is 34.5 Å². The van der Waals surface area contributed by atoms with Crippen LogP contribution >= 0.6 is 0 Å². The summed E-state index contributed by atoms with van der Waals surface area (Å²) in [5.41, 5.74) is 3.90. The molecule has 6 heteroatoms. The van der Waals surface area contributed by atoms with E-state index in [1.165, 1.54) is 31.3 Å². The first-order valence-corrected chi connectivity index (χ1v) is 13.4. The van der Waals surface area contributed by atoms with Crippen molar-refractivity contribution in [3.63, 3.8) is 0 Å². The van der Waals surface area contributed by atoms with Crippen LogP contribution in [0.25, 0.3) is 0 Å². The van der Waals surface area contributed by atoms with Gasteiger partial charge in [-0.05, 0) is 111 Å². The molecule has 4 aliphatic carbocycles. The van der Waals surface area contributed by atoms with Crippen molar-refractivity contribution < 1.29 is 14.4 Å². The minimum Gasteiger partial charge on any atom is -0.385 e. The van der Waals surface area contributed by atoms with Gasteiger partial charge in [0.1, 0.15) is 5.78 Å². The number of allylic oxidation sites excluding steroid dienone is 2. The minimum atomic E-state index is -0.175. The second-order valence-electron chi connectivity index (χ2n) is 11.8. The Bertz CT molecular complexity index is 1030. The van der Waals surface area contributed by atoms with Gasteiger partial charge in [-0.25, -0.2) is 0 Å². The highest BCUT2D eigenvalue weighted by molar-refractivity contribution is 5.96. The summed E-state index contributed by atoms with van der Waals surface area (Å²) in [6, 6.07) is 3.75. The van der Waals surface area contributed by atoms with Crippen molar-refractivity contribution >= 4 is 17.4 Å². The van der Waals surface area contributed by atoms with E-state index in [2.05, 4.69) is 35.4 Å². The number of hydrogen-bond donors (Lipinski definition) is 1. The third kappa shape index (κ3) is 4.45. The van der Waals surface area contributed by atoms with Crippen LogP contribution < -0.4 is 5.32 Å². The zero-order valence-electron chi connectivity index (χ0n) is 21.4. The third-order valence-corrected chi connectivity index (χ3v) is 10.1. The van der Waals surface area contributed by atoms with Gasteiger partial charge < -0.3 is 10.2 Å². The molecule has 0 aromatic carbocycles. The van der Waals surface area contributed by atoms with Crippen LogP contribution in [0.15, 0.2) is 41.3 Å². The Morgan fingerprint density at radius 2 is 1.89 bits per heavy atom. The second-order valence-corrected chi connectivity index (χ2v) is 11.8. The molecule has 1 aromatic heterocycles. The number of fused-ring (bicyclic) bond motifs is 5. The number of ketones is 1. The number of carbonyl (C=O) groups excluding carboxylic acids is 2. The van der Waals surface area contributed by atoms with Gasteiger partial charge in [0.15, 0.2) is 6.61 Å². The zero-order valence-corrected chi connectivity index (χ0v) is 21.4. The number of nitrogens with zero attached hydrogens (tertiary/aromatic N) is 2. The predicted molar refractivity (Wildman–Crippen MR) is 135 cm³/mol. The number of rotatable bonds is 6. The molecule has 1 amide bonds. The van der Waals surface area contributed by atoms with Crippen LogP contribution in [0.5, 0.6) is 0 Å². The summed E-state index contributed by atoms with van der Waals surface area (Å²) in [6.07, 6.45) is 14.7. The highest BCUT2D eigenvalue weighted by Crippen LogP contribution is 2.66. The molecule has 1 heterocycles. The average Bonchev–Trinajstić information content (AvgIpc) is 3.21. The van der Waals surface area contributed by atoms with Gasteiger partial charge in [0.25, 0.3) is 5.91 Å². The van der Waals surface area contributed by atoms with E-state index in [1.807, 2.05) is 19.1 Å². The van der Waals surface area contributed by atoms with Crippen LogP contribution in [-0.4, -0.2) is 29.0 Å². The van der Waals surface area contributed by atoms with Crippen molar-refractivity contribution in [2.45, 2.75) is 78.7 Å². The van der Waals surface area contributed by atoms with Crippen molar-refractivity contribution in [3.05, 3.63) is 41.7 Å². The standard InChI is InChI=1S/C29H39N3O3/c1-19(33)24-6-7-25-23-5-4-21-16-22(8-12-28(21,2)26(23)9-13-29(24,25)3)32-35-18-27(34)31-17-20-10-14-30-15-11-20/h10-11,14-16,23-26H,4-9,12-13,17-18H2,1-3H3,(H,31,34)/t23-,24+,25-,26+,28+,29-/m1/s1. The summed E-state index contributed by atoms with van der Waals surface area (Å²) in [5, 5.41) is 7.18. The highest BCUT2D eigenvalue weighted by atomic mass is 16.6. The highest BCUT2D eigenvalue weighted by Gasteiger charge is 2.59. The van der Waals surface area contributed by atoms with E-state index in [0.717, 1.165) is 42.9 Å². The lowest BCUT2D eigenvalue weighted by Crippen LogP contribution is -2.51. The molecule has 6 nitrogen and oxygen atoms in total. The van der Waals surface area contributed by atoms with Crippen LogP contribution in [-0.2, 0) is 21.0 Å². The number of hydrogen-bond acceptors (Lipinski definition) is 5. The minimum absolute atomic E-state index is 0.0721. The smallest absolute Gasteiger partial charge is 0.261 e. The van der Waals surface area contributed by atoms with Crippen molar-refractivity contribution in [1.82, 2.24) is 10.3 Å². The van der Waals surface area contributed by atoms with E-state index in [1.54, 1.807) is 12.4 Å². The number of carbonyl (C=O) groups is 2. The Morgan fingerprint density at radius 1 is 1.09 bits per heavy atom. The van der Waals surface area contributed by atoms with E-state index >= 15 is 0 Å². The van der Waals surface area contributed by atoms with Gasteiger partial charge in [-0.2, -0.15) is 0 Å². The molecule has 0 aliphatic heterocycles. The molecular weight excluding hydrogens is 438 g/mol. The van der Waals surface area contributed by atoms with E-state index in [-0.39, 0.29) is 29.3 Å². The monoisotopic (exact) mass is 477 g/mol. The number of aromatic nitrogens is 1. The van der Waals surface area contributed by atoms with Gasteiger partial charge in [0.05, 0.1) is 5.71 Å². The van der Waals surface area contributed by atoms with Gasteiger partial charge in [-0.3, -0.25) is 14.6 Å². The van der Waals surface area contributed by atoms with Crippen LogP contribution in [0.3, 0.4) is 0 Å². The molecule has 3 fully saturated rings. The molecule has 0 radical (unpaired) electrons. The van der Waals surface area contributed by atoms with E-state index in [9.17, 15) is 9.59 Å². The van der Waals surface area contributed by atoms with Gasteiger partial charge in [-0.15, -0.1) is 0 Å². The van der Waals surface area contributed by atoms with E-state index in [0.29, 0.717) is 24.2 Å². The fourth-order valence-electron chi connectivity index (χ4n) is 8.24. The van der Waals surface area contributed by atoms with E-state index < -0.39 is 0 Å². The molecule has 1 aromatic rings. The first-order valence-electron chi connectivity index (χ1n) is 13.4. The Kier molecular flexibility index (Phi) is 6.58. The van der Waals surface area contributed by atoms with Crippen LogP contribution in [0.2, 0.25) is 0 Å². The predicted octanol–water partition coefficient (Wildman–Crippen LogP) is 5.24. The first kappa shape index (κ1) is 24.2. The molecule has 0 unspecified atom stereocenters. The maximum Gasteiger partial charge on any atom is 0.261 e. The molecule has 1 N–H and O–H groups in total. The normalized spacial score (nSPS) is 37.0. The molecule has 6 atom stereocenters. The summed E-state index contributed by atoms with van der Waals surface area (Å²) < 4.78 is 0. The largest absolute Gasteiger partial charge is 0.385 e. The Balaban J connectivity index is 1.20. The van der Waals surface area contributed by atoms with Gasteiger partial charge in [0, 0.05) is 24.9 Å². The van der Waals surface area contributed by atoms with Crippen LogP contribution in [0.4, 0.5) is 0 Å². The lowest BCUT2D eigenvalue weighted by molar-refractivity contribution is -0.128. The molecule has 0 saturated heterocycles. The summed E-state index contributed by atoms with van der Waals surface area (Å²) in [4.78, 5) is 33.9. The summed E-state index contributed by atoms with van der Waals surface area (Å²) in [6.45, 7) is 7.08. The number of amides is 1. The quantitative estimate of drug-likeness (QED) is 0.568. The summed E-state index contributed by atoms with van der Waals surface area (Å²) in [7, 11) is 0. The SMILES string of the molecule is CC(=O)[C@@H]1CC[C@@H]2[C@H]3CCC4=CC(=NOCC(=O)NCc5ccncc5)CC[C@]4(C)[C@H]3CC[C@@]21C. The summed E-state index contributed by atoms with van der Waals surface area (Å²) >= 11 is 0. The first-order chi connectivity index (χ1) is 16.8. The van der Waals surface area contributed by atoms with Crippen molar-refractivity contribution in [2.24, 2.45) is 39.7 Å². The van der Waals surface area contributed by atoms with E-state index in [4.69, 9.17) is 4.84 Å². The molecule has 3 saturated carbocycles. The molecule has 0 bridgehead atoms.